The standard InChI is InChI=1S/C27H36F3N3O4/c1-17(2)35-20-7-6-18(12-19(20)28)25(34)33-10-8-27(9-11-33)16-32(15-23(29)30)14-21(37-27)24-31-13-22(36-24)26(3,4)5/h6-7,12-13,17,21,23H,8-11,14-16H2,1-5H3. The SMILES string of the molecule is CC(C)Oc1ccc(C(=O)N2CCC3(CC2)CN(CC(F)F)CC(c2ncc(C(C)(C)C)o2)O3)cc1F. The molecule has 1 unspecified atom stereocenters. The molecule has 1 amide bonds. The van der Waals surface area contributed by atoms with Crippen LogP contribution in [0.25, 0.3) is 0 Å². The number of hydrogen-bond acceptors (Lipinski definition) is 6. The molecular formula is C27H36F3N3O4. The number of nitrogens with zero attached hydrogens (tertiary/aromatic N) is 3. The second kappa shape index (κ2) is 10.6. The summed E-state index contributed by atoms with van der Waals surface area (Å²) in [7, 11) is 0. The Bertz CT molecular complexity index is 1090. The zero-order valence-electron chi connectivity index (χ0n) is 22.1. The lowest BCUT2D eigenvalue weighted by Gasteiger charge is -2.49. The van der Waals surface area contributed by atoms with Gasteiger partial charge < -0.3 is 18.8 Å². The van der Waals surface area contributed by atoms with Crippen molar-refractivity contribution in [1.82, 2.24) is 14.8 Å². The minimum absolute atomic E-state index is 0.103. The number of alkyl halides is 2. The molecule has 1 atom stereocenters. The number of benzene rings is 1. The van der Waals surface area contributed by atoms with Gasteiger partial charge >= 0.3 is 0 Å². The fraction of sp³-hybridized carbons (Fsp3) is 0.630. The number of amides is 1. The Labute approximate surface area is 215 Å². The molecule has 0 saturated carbocycles. The van der Waals surface area contributed by atoms with Crippen molar-refractivity contribution < 1.29 is 31.9 Å². The average Bonchev–Trinajstić information content (AvgIpc) is 3.31. The summed E-state index contributed by atoms with van der Waals surface area (Å²) in [5.74, 6) is 0.300. The highest BCUT2D eigenvalue weighted by Crippen LogP contribution is 2.39. The number of carbonyl (C=O) groups is 1. The highest BCUT2D eigenvalue weighted by atomic mass is 19.3. The molecular weight excluding hydrogens is 487 g/mol. The molecule has 0 bridgehead atoms. The summed E-state index contributed by atoms with van der Waals surface area (Å²) < 4.78 is 59.0. The molecule has 2 fully saturated rings. The van der Waals surface area contributed by atoms with E-state index in [0.717, 1.165) is 0 Å². The molecule has 0 aliphatic carbocycles. The van der Waals surface area contributed by atoms with Gasteiger partial charge in [-0.05, 0) is 44.9 Å². The molecule has 2 aliphatic heterocycles. The molecule has 10 heteroatoms. The van der Waals surface area contributed by atoms with Gasteiger partial charge in [-0.2, -0.15) is 0 Å². The molecule has 1 spiro atoms. The number of halogens is 3. The summed E-state index contributed by atoms with van der Waals surface area (Å²) >= 11 is 0. The van der Waals surface area contributed by atoms with E-state index in [2.05, 4.69) is 4.98 Å². The van der Waals surface area contributed by atoms with E-state index >= 15 is 0 Å². The molecule has 2 saturated heterocycles. The Balaban J connectivity index is 1.47. The number of ether oxygens (including phenoxy) is 2. The highest BCUT2D eigenvalue weighted by molar-refractivity contribution is 5.94. The fourth-order valence-electron chi connectivity index (χ4n) is 4.89. The largest absolute Gasteiger partial charge is 0.488 e. The lowest BCUT2D eigenvalue weighted by Crippen LogP contribution is -2.58. The van der Waals surface area contributed by atoms with Crippen LogP contribution in [0.3, 0.4) is 0 Å². The summed E-state index contributed by atoms with van der Waals surface area (Å²) in [6.07, 6.45) is -0.680. The first-order valence-corrected chi connectivity index (χ1v) is 12.8. The average molecular weight is 524 g/mol. The topological polar surface area (TPSA) is 68.0 Å². The van der Waals surface area contributed by atoms with E-state index in [9.17, 15) is 18.0 Å². The van der Waals surface area contributed by atoms with Gasteiger partial charge in [0.2, 0.25) is 5.89 Å². The van der Waals surface area contributed by atoms with Crippen LogP contribution in [0.5, 0.6) is 5.75 Å². The van der Waals surface area contributed by atoms with Gasteiger partial charge in [-0.3, -0.25) is 9.69 Å². The lowest BCUT2D eigenvalue weighted by molar-refractivity contribution is -0.186. The van der Waals surface area contributed by atoms with E-state index in [-0.39, 0.29) is 41.8 Å². The van der Waals surface area contributed by atoms with Crippen LogP contribution in [0.4, 0.5) is 13.2 Å². The van der Waals surface area contributed by atoms with Crippen LogP contribution in [0.15, 0.2) is 28.8 Å². The molecule has 204 valence electrons. The Morgan fingerprint density at radius 3 is 2.51 bits per heavy atom. The van der Waals surface area contributed by atoms with Crippen molar-refractivity contribution in [3.8, 4) is 5.75 Å². The summed E-state index contributed by atoms with van der Waals surface area (Å²) in [4.78, 5) is 20.8. The number of oxazole rings is 1. The molecule has 37 heavy (non-hydrogen) atoms. The van der Waals surface area contributed by atoms with E-state index in [1.165, 1.54) is 12.1 Å². The first kappa shape index (κ1) is 27.4. The lowest BCUT2D eigenvalue weighted by atomic mass is 9.88. The smallest absolute Gasteiger partial charge is 0.253 e. The van der Waals surface area contributed by atoms with Crippen molar-refractivity contribution in [2.45, 2.75) is 77.1 Å². The van der Waals surface area contributed by atoms with E-state index in [4.69, 9.17) is 13.9 Å². The number of morpholine rings is 1. The number of hydrogen-bond donors (Lipinski definition) is 0. The van der Waals surface area contributed by atoms with Gasteiger partial charge in [0.1, 0.15) is 11.9 Å². The summed E-state index contributed by atoms with van der Waals surface area (Å²) in [6, 6.07) is 4.21. The van der Waals surface area contributed by atoms with Crippen molar-refractivity contribution in [2.75, 3.05) is 32.7 Å². The second-order valence-electron chi connectivity index (χ2n) is 11.3. The van der Waals surface area contributed by atoms with E-state index in [0.29, 0.717) is 44.1 Å². The minimum atomic E-state index is -2.48. The van der Waals surface area contributed by atoms with Crippen molar-refractivity contribution >= 4 is 5.91 Å². The predicted molar refractivity (Wildman–Crippen MR) is 132 cm³/mol. The number of aromatic nitrogens is 1. The Hall–Kier alpha value is -2.59. The van der Waals surface area contributed by atoms with Crippen LogP contribution in [-0.4, -0.2) is 71.5 Å². The fourth-order valence-corrected chi connectivity index (χ4v) is 4.89. The van der Waals surface area contributed by atoms with E-state index in [1.54, 1.807) is 35.9 Å². The molecule has 1 aromatic carbocycles. The second-order valence-corrected chi connectivity index (χ2v) is 11.3. The number of carbonyl (C=O) groups excluding carboxylic acids is 1. The normalized spacial score (nSPS) is 20.7. The van der Waals surface area contributed by atoms with Gasteiger partial charge in [0.25, 0.3) is 12.3 Å². The van der Waals surface area contributed by atoms with Gasteiger partial charge in [-0.25, -0.2) is 18.2 Å². The summed E-state index contributed by atoms with van der Waals surface area (Å²) in [5, 5.41) is 0. The first-order chi connectivity index (χ1) is 17.3. The Morgan fingerprint density at radius 2 is 1.95 bits per heavy atom. The number of likely N-dealkylation sites (tertiary alicyclic amines) is 1. The van der Waals surface area contributed by atoms with Gasteiger partial charge in [-0.1, -0.05) is 20.8 Å². The molecule has 3 heterocycles. The van der Waals surface area contributed by atoms with Crippen LogP contribution < -0.4 is 4.74 Å². The Kier molecular flexibility index (Phi) is 7.90. The van der Waals surface area contributed by atoms with Crippen molar-refractivity contribution in [3.05, 3.63) is 47.4 Å². The van der Waals surface area contributed by atoms with E-state index < -0.39 is 23.9 Å². The van der Waals surface area contributed by atoms with Crippen molar-refractivity contribution in [1.29, 1.82) is 0 Å². The molecule has 4 rings (SSSR count). The molecule has 2 aromatic rings. The van der Waals surface area contributed by atoms with Gasteiger partial charge in [0.15, 0.2) is 11.6 Å². The van der Waals surface area contributed by atoms with Crippen LogP contribution in [0.2, 0.25) is 0 Å². The number of rotatable bonds is 6. The maximum Gasteiger partial charge on any atom is 0.253 e. The van der Waals surface area contributed by atoms with Gasteiger partial charge in [-0.15, -0.1) is 0 Å². The van der Waals surface area contributed by atoms with Gasteiger partial charge in [0.05, 0.1) is 24.4 Å². The van der Waals surface area contributed by atoms with Crippen molar-refractivity contribution in [2.24, 2.45) is 0 Å². The van der Waals surface area contributed by atoms with Crippen LogP contribution in [-0.2, 0) is 10.2 Å². The van der Waals surface area contributed by atoms with Crippen LogP contribution in [0, 0.1) is 5.82 Å². The van der Waals surface area contributed by atoms with Crippen LogP contribution >= 0.6 is 0 Å². The summed E-state index contributed by atoms with van der Waals surface area (Å²) in [6.45, 7) is 10.6. The zero-order chi connectivity index (χ0) is 27.0. The molecule has 1 aromatic heterocycles. The molecule has 7 nitrogen and oxygen atoms in total. The third-order valence-electron chi connectivity index (χ3n) is 6.77. The third-order valence-corrected chi connectivity index (χ3v) is 6.77. The zero-order valence-corrected chi connectivity index (χ0v) is 22.1. The Morgan fingerprint density at radius 1 is 1.24 bits per heavy atom. The maximum absolute atomic E-state index is 14.5. The minimum Gasteiger partial charge on any atom is -0.488 e. The van der Waals surface area contributed by atoms with Crippen molar-refractivity contribution in [3.63, 3.8) is 0 Å². The maximum atomic E-state index is 14.5. The van der Waals surface area contributed by atoms with Crippen LogP contribution in [0.1, 0.15) is 75.6 Å². The van der Waals surface area contributed by atoms with E-state index in [1.807, 2.05) is 20.8 Å². The highest BCUT2D eigenvalue weighted by Gasteiger charge is 2.46. The quantitative estimate of drug-likeness (QED) is 0.518. The number of piperidine rings is 1. The summed E-state index contributed by atoms with van der Waals surface area (Å²) in [5.41, 5.74) is -0.726. The molecule has 0 N–H and O–H groups in total. The monoisotopic (exact) mass is 523 g/mol. The predicted octanol–water partition coefficient (Wildman–Crippen LogP) is 5.21. The molecule has 2 aliphatic rings. The first-order valence-electron chi connectivity index (χ1n) is 12.8. The molecule has 0 radical (unpaired) electrons. The van der Waals surface area contributed by atoms with Gasteiger partial charge in [0, 0.05) is 37.2 Å². The third kappa shape index (κ3) is 6.46.